The molecule has 1 rings (SSSR count). The van der Waals surface area contributed by atoms with Crippen LogP contribution >= 0.6 is 0 Å². The molecule has 0 spiro atoms. The molecule has 1 aromatic rings. The number of hydrogen-bond acceptors (Lipinski definition) is 4. The average molecular weight is 249 g/mol. The van der Waals surface area contributed by atoms with Crippen molar-refractivity contribution in [2.24, 2.45) is 0 Å². The van der Waals surface area contributed by atoms with Crippen molar-refractivity contribution in [1.82, 2.24) is 4.90 Å². The third-order valence-electron chi connectivity index (χ3n) is 2.11. The molecule has 1 N–H and O–H groups in total. The Kier molecular flexibility index (Phi) is 6.10. The van der Waals surface area contributed by atoms with E-state index in [2.05, 4.69) is 0 Å². The first-order chi connectivity index (χ1) is 8.08. The van der Waals surface area contributed by atoms with Crippen LogP contribution in [0.2, 0.25) is 0 Å². The Bertz CT molecular complexity index is 293. The molecule has 1 atom stereocenters. The molecule has 0 fully saturated rings. The highest BCUT2D eigenvalue weighted by atomic mass is 19.3. The average Bonchev–Trinajstić information content (AvgIpc) is 2.68. The highest BCUT2D eigenvalue weighted by Crippen LogP contribution is 2.03. The van der Waals surface area contributed by atoms with E-state index in [1.807, 2.05) is 0 Å². The van der Waals surface area contributed by atoms with Gasteiger partial charge in [0.1, 0.15) is 12.4 Å². The van der Waals surface area contributed by atoms with E-state index in [4.69, 9.17) is 9.15 Å². The van der Waals surface area contributed by atoms with Gasteiger partial charge >= 0.3 is 0 Å². The summed E-state index contributed by atoms with van der Waals surface area (Å²) in [6.45, 7) is 0.161. The van der Waals surface area contributed by atoms with E-state index in [0.29, 0.717) is 5.76 Å². The number of aliphatic hydroxyl groups excluding tert-OH is 1. The third kappa shape index (κ3) is 6.35. The molecule has 0 amide bonds. The van der Waals surface area contributed by atoms with E-state index in [9.17, 15) is 13.9 Å². The number of ether oxygens (including phenoxy) is 1. The molecule has 0 aliphatic heterocycles. The highest BCUT2D eigenvalue weighted by Gasteiger charge is 2.12. The lowest BCUT2D eigenvalue weighted by Crippen LogP contribution is -2.34. The third-order valence-corrected chi connectivity index (χ3v) is 2.11. The maximum absolute atomic E-state index is 12.0. The van der Waals surface area contributed by atoms with Crippen LogP contribution in [0.25, 0.3) is 0 Å². The Hall–Kier alpha value is -0.980. The van der Waals surface area contributed by atoms with E-state index < -0.39 is 12.5 Å². The monoisotopic (exact) mass is 249 g/mol. The number of likely N-dealkylation sites (N-methyl/N-ethyl adjacent to an activating group) is 1. The minimum absolute atomic E-state index is 0.0915. The van der Waals surface area contributed by atoms with Crippen molar-refractivity contribution < 1.29 is 23.0 Å². The van der Waals surface area contributed by atoms with Gasteiger partial charge in [-0.15, -0.1) is 0 Å². The molecule has 0 bridgehead atoms. The molecule has 1 heterocycles. The van der Waals surface area contributed by atoms with Crippen molar-refractivity contribution in [3.05, 3.63) is 24.2 Å². The van der Waals surface area contributed by atoms with Crippen LogP contribution in [-0.2, 0) is 11.3 Å². The van der Waals surface area contributed by atoms with Gasteiger partial charge in [-0.3, -0.25) is 4.90 Å². The van der Waals surface area contributed by atoms with E-state index in [0.717, 1.165) is 0 Å². The van der Waals surface area contributed by atoms with Crippen molar-refractivity contribution in [3.8, 4) is 0 Å². The van der Waals surface area contributed by atoms with Crippen LogP contribution in [0.15, 0.2) is 22.8 Å². The maximum atomic E-state index is 12.0. The highest BCUT2D eigenvalue weighted by molar-refractivity contribution is 4.96. The first-order valence-corrected chi connectivity index (χ1v) is 5.33. The summed E-state index contributed by atoms with van der Waals surface area (Å²) in [7, 11) is 1.53. The van der Waals surface area contributed by atoms with E-state index in [1.54, 1.807) is 12.1 Å². The van der Waals surface area contributed by atoms with Gasteiger partial charge in [-0.25, -0.2) is 8.78 Å². The predicted molar refractivity (Wildman–Crippen MR) is 57.9 cm³/mol. The van der Waals surface area contributed by atoms with E-state index >= 15 is 0 Å². The number of furan rings is 1. The van der Waals surface area contributed by atoms with Crippen LogP contribution in [0, 0.1) is 0 Å². The summed E-state index contributed by atoms with van der Waals surface area (Å²) in [5.74, 6) is 0.665. The molecule has 0 saturated carbocycles. The first-order valence-electron chi connectivity index (χ1n) is 5.33. The summed E-state index contributed by atoms with van der Waals surface area (Å²) in [6.07, 6.45) is -1.64. The van der Waals surface area contributed by atoms with Crippen molar-refractivity contribution in [3.63, 3.8) is 0 Å². The molecule has 0 aliphatic rings. The maximum Gasteiger partial charge on any atom is 0.251 e. The molecule has 1 aromatic heterocycles. The van der Waals surface area contributed by atoms with Gasteiger partial charge < -0.3 is 14.3 Å². The molecule has 4 nitrogen and oxygen atoms in total. The SMILES string of the molecule is CN(CC(F)F)CC(O)COCc1ccco1. The van der Waals surface area contributed by atoms with Gasteiger partial charge in [-0.2, -0.15) is 0 Å². The van der Waals surface area contributed by atoms with E-state index in [1.165, 1.54) is 18.2 Å². The van der Waals surface area contributed by atoms with Crippen LogP contribution in [0.3, 0.4) is 0 Å². The van der Waals surface area contributed by atoms with Gasteiger partial charge in [0, 0.05) is 6.54 Å². The van der Waals surface area contributed by atoms with Crippen LogP contribution in [0.1, 0.15) is 5.76 Å². The van der Waals surface area contributed by atoms with Crippen molar-refractivity contribution >= 4 is 0 Å². The zero-order valence-electron chi connectivity index (χ0n) is 9.68. The normalized spacial score (nSPS) is 13.5. The summed E-state index contributed by atoms with van der Waals surface area (Å²) in [5, 5.41) is 9.52. The minimum Gasteiger partial charge on any atom is -0.467 e. The largest absolute Gasteiger partial charge is 0.467 e. The molecule has 0 saturated heterocycles. The molecule has 0 radical (unpaired) electrons. The Morgan fingerprint density at radius 2 is 2.24 bits per heavy atom. The number of nitrogens with zero attached hydrogens (tertiary/aromatic N) is 1. The molecule has 0 aliphatic carbocycles. The van der Waals surface area contributed by atoms with Gasteiger partial charge in [-0.1, -0.05) is 0 Å². The summed E-state index contributed by atoms with van der Waals surface area (Å²) < 4.78 is 34.2. The molecule has 17 heavy (non-hydrogen) atoms. The number of aliphatic hydroxyl groups is 1. The van der Waals surface area contributed by atoms with Crippen LogP contribution in [-0.4, -0.2) is 49.3 Å². The standard InChI is InChI=1S/C11H17F2NO3/c1-14(6-11(12)13)5-9(15)7-16-8-10-3-2-4-17-10/h2-4,9,11,15H,5-8H2,1H3. The zero-order chi connectivity index (χ0) is 12.7. The minimum atomic E-state index is -2.39. The second-order valence-corrected chi connectivity index (χ2v) is 3.86. The molecular formula is C11H17F2NO3. The Morgan fingerprint density at radius 1 is 1.47 bits per heavy atom. The van der Waals surface area contributed by atoms with Crippen molar-refractivity contribution in [2.45, 2.75) is 19.1 Å². The molecule has 1 unspecified atom stereocenters. The molecular weight excluding hydrogens is 232 g/mol. The molecule has 98 valence electrons. The number of alkyl halides is 2. The molecule has 6 heteroatoms. The first kappa shape index (κ1) is 14.1. The van der Waals surface area contributed by atoms with Gasteiger partial charge in [0.2, 0.25) is 0 Å². The number of rotatable bonds is 8. The molecule has 0 aromatic carbocycles. The second-order valence-electron chi connectivity index (χ2n) is 3.86. The van der Waals surface area contributed by atoms with Crippen LogP contribution in [0.4, 0.5) is 8.78 Å². The lowest BCUT2D eigenvalue weighted by atomic mass is 10.3. The fourth-order valence-corrected chi connectivity index (χ4v) is 1.41. The van der Waals surface area contributed by atoms with Crippen molar-refractivity contribution in [2.75, 3.05) is 26.7 Å². The zero-order valence-corrected chi connectivity index (χ0v) is 9.68. The van der Waals surface area contributed by atoms with Gasteiger partial charge in [-0.05, 0) is 19.2 Å². The van der Waals surface area contributed by atoms with Crippen LogP contribution in [0.5, 0.6) is 0 Å². The van der Waals surface area contributed by atoms with Crippen LogP contribution < -0.4 is 0 Å². The predicted octanol–water partition coefficient (Wildman–Crippen LogP) is 1.35. The summed E-state index contributed by atoms with van der Waals surface area (Å²) in [4.78, 5) is 1.37. The Morgan fingerprint density at radius 3 is 2.82 bits per heavy atom. The van der Waals surface area contributed by atoms with Gasteiger partial charge in [0.25, 0.3) is 6.43 Å². The van der Waals surface area contributed by atoms with E-state index in [-0.39, 0.29) is 26.3 Å². The Balaban J connectivity index is 2.10. The summed E-state index contributed by atoms with van der Waals surface area (Å²) in [5.41, 5.74) is 0. The number of halogens is 2. The van der Waals surface area contributed by atoms with Gasteiger partial charge in [0.15, 0.2) is 0 Å². The smallest absolute Gasteiger partial charge is 0.251 e. The summed E-state index contributed by atoms with van der Waals surface area (Å²) >= 11 is 0. The van der Waals surface area contributed by atoms with Crippen molar-refractivity contribution in [1.29, 1.82) is 0 Å². The number of hydrogen-bond donors (Lipinski definition) is 1. The fourth-order valence-electron chi connectivity index (χ4n) is 1.41. The van der Waals surface area contributed by atoms with Gasteiger partial charge in [0.05, 0.1) is 25.5 Å². The lowest BCUT2D eigenvalue weighted by Gasteiger charge is -2.19. The topological polar surface area (TPSA) is 45.8 Å². The second kappa shape index (κ2) is 7.37. The lowest BCUT2D eigenvalue weighted by molar-refractivity contribution is 0.000362. The fraction of sp³-hybridized carbons (Fsp3) is 0.636. The Labute approximate surface area is 98.8 Å². The quantitative estimate of drug-likeness (QED) is 0.755. The summed E-state index contributed by atoms with van der Waals surface area (Å²) in [6, 6.07) is 3.50.